The lowest BCUT2D eigenvalue weighted by Crippen LogP contribution is -2.16. The van der Waals surface area contributed by atoms with Crippen molar-refractivity contribution < 1.29 is 22.7 Å². The van der Waals surface area contributed by atoms with Crippen molar-refractivity contribution in [2.24, 2.45) is 0 Å². The SMILES string of the molecule is CCOC(=O)c1c(NC(=O)c2ccc(S(C)(=O)=O)cc2)sc2c1CCCC2. The summed E-state index contributed by atoms with van der Waals surface area (Å²) in [7, 11) is -3.32. The van der Waals surface area contributed by atoms with E-state index in [0.717, 1.165) is 42.4 Å². The summed E-state index contributed by atoms with van der Waals surface area (Å²) in [6, 6.07) is 5.72. The van der Waals surface area contributed by atoms with Crippen molar-refractivity contribution in [3.05, 3.63) is 45.8 Å². The molecule has 0 aliphatic heterocycles. The lowest BCUT2D eigenvalue weighted by Gasteiger charge is -2.12. The van der Waals surface area contributed by atoms with Gasteiger partial charge in [-0.05, 0) is 62.4 Å². The van der Waals surface area contributed by atoms with Gasteiger partial charge in [0.1, 0.15) is 5.00 Å². The summed E-state index contributed by atoms with van der Waals surface area (Å²) in [5.74, 6) is -0.807. The normalized spacial score (nSPS) is 13.7. The number of sulfone groups is 1. The summed E-state index contributed by atoms with van der Waals surface area (Å²) in [5, 5.41) is 3.31. The van der Waals surface area contributed by atoms with Gasteiger partial charge in [0.05, 0.1) is 17.1 Å². The molecular formula is C19H21NO5S2. The third kappa shape index (κ3) is 4.22. The topological polar surface area (TPSA) is 89.5 Å². The molecule has 1 aliphatic rings. The van der Waals surface area contributed by atoms with Gasteiger partial charge in [0.15, 0.2) is 9.84 Å². The Kier molecular flexibility index (Phi) is 5.67. The fraction of sp³-hybridized carbons (Fsp3) is 0.368. The van der Waals surface area contributed by atoms with Gasteiger partial charge in [0.25, 0.3) is 5.91 Å². The number of ether oxygens (including phenoxy) is 1. The molecule has 8 heteroatoms. The molecule has 1 aromatic heterocycles. The maximum atomic E-state index is 12.6. The Morgan fingerprint density at radius 1 is 1.15 bits per heavy atom. The van der Waals surface area contributed by atoms with Crippen LogP contribution in [0.15, 0.2) is 29.2 Å². The minimum atomic E-state index is -3.32. The van der Waals surface area contributed by atoms with E-state index in [1.165, 1.54) is 35.6 Å². The van der Waals surface area contributed by atoms with Crippen LogP contribution in [0.5, 0.6) is 0 Å². The Bertz CT molecular complexity index is 974. The third-order valence-electron chi connectivity index (χ3n) is 4.42. The van der Waals surface area contributed by atoms with Gasteiger partial charge >= 0.3 is 5.97 Å². The lowest BCUT2D eigenvalue weighted by atomic mass is 9.95. The number of aryl methyl sites for hydroxylation is 1. The zero-order valence-corrected chi connectivity index (χ0v) is 16.8. The highest BCUT2D eigenvalue weighted by Crippen LogP contribution is 2.38. The van der Waals surface area contributed by atoms with Gasteiger partial charge in [-0.2, -0.15) is 0 Å². The second-order valence-corrected chi connectivity index (χ2v) is 9.51. The highest BCUT2D eigenvalue weighted by atomic mass is 32.2. The predicted octanol–water partition coefficient (Wildman–Crippen LogP) is 3.46. The number of hydrogen-bond donors (Lipinski definition) is 1. The minimum Gasteiger partial charge on any atom is -0.462 e. The zero-order valence-electron chi connectivity index (χ0n) is 15.2. The Morgan fingerprint density at radius 3 is 2.44 bits per heavy atom. The number of carbonyl (C=O) groups excluding carboxylic acids is 2. The van der Waals surface area contributed by atoms with Crippen molar-refractivity contribution in [3.63, 3.8) is 0 Å². The molecule has 0 atom stereocenters. The van der Waals surface area contributed by atoms with Crippen LogP contribution in [-0.2, 0) is 27.4 Å². The first-order chi connectivity index (χ1) is 12.8. The summed E-state index contributed by atoms with van der Waals surface area (Å²) in [4.78, 5) is 26.3. The highest BCUT2D eigenvalue weighted by Gasteiger charge is 2.27. The van der Waals surface area contributed by atoms with E-state index in [-0.39, 0.29) is 17.4 Å². The maximum Gasteiger partial charge on any atom is 0.341 e. The Labute approximate surface area is 162 Å². The molecule has 2 aromatic rings. The first-order valence-corrected chi connectivity index (χ1v) is 11.4. The van der Waals surface area contributed by atoms with Crippen LogP contribution in [0.4, 0.5) is 5.00 Å². The van der Waals surface area contributed by atoms with Gasteiger partial charge in [0.2, 0.25) is 0 Å². The van der Waals surface area contributed by atoms with Crippen LogP contribution < -0.4 is 5.32 Å². The molecule has 1 aliphatic carbocycles. The van der Waals surface area contributed by atoms with Gasteiger partial charge in [-0.25, -0.2) is 13.2 Å². The fourth-order valence-corrected chi connectivity index (χ4v) is 5.00. The largest absolute Gasteiger partial charge is 0.462 e. The standard InChI is InChI=1S/C19H21NO5S2/c1-3-25-19(22)16-14-6-4-5-7-15(14)26-18(16)20-17(21)12-8-10-13(11-9-12)27(2,23)24/h8-11H,3-7H2,1-2H3,(H,20,21). The molecule has 0 spiro atoms. The Morgan fingerprint density at radius 2 is 1.81 bits per heavy atom. The molecule has 1 N–H and O–H groups in total. The first-order valence-electron chi connectivity index (χ1n) is 8.74. The van der Waals surface area contributed by atoms with E-state index in [2.05, 4.69) is 5.32 Å². The lowest BCUT2D eigenvalue weighted by molar-refractivity contribution is 0.0526. The Balaban J connectivity index is 1.89. The number of nitrogens with one attached hydrogen (secondary N) is 1. The molecule has 1 amide bonds. The van der Waals surface area contributed by atoms with E-state index in [9.17, 15) is 18.0 Å². The maximum absolute atomic E-state index is 12.6. The predicted molar refractivity (Wildman–Crippen MR) is 104 cm³/mol. The molecule has 0 radical (unpaired) electrons. The number of hydrogen-bond acceptors (Lipinski definition) is 6. The van der Waals surface area contributed by atoms with Crippen LogP contribution >= 0.6 is 11.3 Å². The van der Waals surface area contributed by atoms with Crippen molar-refractivity contribution in [3.8, 4) is 0 Å². The summed E-state index contributed by atoms with van der Waals surface area (Å²) in [6.45, 7) is 2.02. The van der Waals surface area contributed by atoms with Crippen molar-refractivity contribution in [2.75, 3.05) is 18.2 Å². The average Bonchev–Trinajstić information content (AvgIpc) is 2.99. The fourth-order valence-electron chi connectivity index (χ4n) is 3.10. The molecule has 144 valence electrons. The summed E-state index contributed by atoms with van der Waals surface area (Å²) >= 11 is 1.42. The van der Waals surface area contributed by atoms with E-state index in [1.54, 1.807) is 6.92 Å². The number of fused-ring (bicyclic) bond motifs is 1. The number of amides is 1. The number of benzene rings is 1. The molecule has 6 nitrogen and oxygen atoms in total. The number of thiophene rings is 1. The molecular weight excluding hydrogens is 386 g/mol. The van der Waals surface area contributed by atoms with Crippen LogP contribution in [0.1, 0.15) is 50.9 Å². The van der Waals surface area contributed by atoms with Crippen LogP contribution in [0.2, 0.25) is 0 Å². The van der Waals surface area contributed by atoms with Crippen molar-refractivity contribution >= 4 is 38.1 Å². The van der Waals surface area contributed by atoms with Crippen LogP contribution in [0.3, 0.4) is 0 Å². The first kappa shape index (κ1) is 19.6. The van der Waals surface area contributed by atoms with Gasteiger partial charge in [-0.1, -0.05) is 0 Å². The number of rotatable bonds is 5. The molecule has 27 heavy (non-hydrogen) atoms. The van der Waals surface area contributed by atoms with Crippen molar-refractivity contribution in [2.45, 2.75) is 37.5 Å². The second kappa shape index (κ2) is 7.82. The van der Waals surface area contributed by atoms with Crippen molar-refractivity contribution in [1.29, 1.82) is 0 Å². The van der Waals surface area contributed by atoms with Crippen LogP contribution in [0.25, 0.3) is 0 Å². The molecule has 0 saturated heterocycles. The molecule has 1 heterocycles. The summed E-state index contributed by atoms with van der Waals surface area (Å²) in [5.41, 5.74) is 1.76. The van der Waals surface area contributed by atoms with Crippen LogP contribution in [-0.4, -0.2) is 33.2 Å². The number of esters is 1. The number of carbonyl (C=O) groups is 2. The van der Waals surface area contributed by atoms with Crippen molar-refractivity contribution in [1.82, 2.24) is 0 Å². The van der Waals surface area contributed by atoms with Gasteiger partial charge in [-0.3, -0.25) is 4.79 Å². The third-order valence-corrected chi connectivity index (χ3v) is 6.76. The number of anilines is 1. The smallest absolute Gasteiger partial charge is 0.341 e. The van der Waals surface area contributed by atoms with Crippen LogP contribution in [0, 0.1) is 0 Å². The highest BCUT2D eigenvalue weighted by molar-refractivity contribution is 7.90. The monoisotopic (exact) mass is 407 g/mol. The molecule has 0 bridgehead atoms. The van der Waals surface area contributed by atoms with E-state index in [1.807, 2.05) is 0 Å². The molecule has 1 aromatic carbocycles. The van der Waals surface area contributed by atoms with E-state index < -0.39 is 15.8 Å². The Hall–Kier alpha value is -2.19. The van der Waals surface area contributed by atoms with E-state index in [0.29, 0.717) is 16.1 Å². The minimum absolute atomic E-state index is 0.151. The second-order valence-electron chi connectivity index (χ2n) is 6.39. The molecule has 3 rings (SSSR count). The average molecular weight is 408 g/mol. The van der Waals surface area contributed by atoms with Gasteiger partial charge in [-0.15, -0.1) is 11.3 Å². The summed E-state index contributed by atoms with van der Waals surface area (Å²) in [6.07, 6.45) is 4.89. The van der Waals surface area contributed by atoms with E-state index in [4.69, 9.17) is 4.74 Å². The van der Waals surface area contributed by atoms with Gasteiger partial charge < -0.3 is 10.1 Å². The van der Waals surface area contributed by atoms with Gasteiger partial charge in [0, 0.05) is 16.7 Å². The molecule has 0 saturated carbocycles. The molecule has 0 unspecified atom stereocenters. The quantitative estimate of drug-likeness (QED) is 0.767. The van der Waals surface area contributed by atoms with E-state index >= 15 is 0 Å². The summed E-state index contributed by atoms with van der Waals surface area (Å²) < 4.78 is 28.3. The molecule has 0 fully saturated rings. The zero-order chi connectivity index (χ0) is 19.6.